The van der Waals surface area contributed by atoms with Crippen LogP contribution < -0.4 is 5.48 Å². The molecule has 0 radical (unpaired) electrons. The summed E-state index contributed by atoms with van der Waals surface area (Å²) in [7, 11) is 1.52. The summed E-state index contributed by atoms with van der Waals surface area (Å²) in [6.07, 6.45) is 4.93. The van der Waals surface area contributed by atoms with Crippen molar-refractivity contribution in [2.45, 2.75) is 52.2 Å². The molecule has 26 heavy (non-hydrogen) atoms. The van der Waals surface area contributed by atoms with Crippen molar-refractivity contribution in [2.75, 3.05) is 7.11 Å². The fourth-order valence-electron chi connectivity index (χ4n) is 2.40. The van der Waals surface area contributed by atoms with Gasteiger partial charge in [0.05, 0.1) is 12.5 Å². The van der Waals surface area contributed by atoms with Crippen LogP contribution in [0, 0.1) is 12.7 Å². The van der Waals surface area contributed by atoms with Crippen LogP contribution in [0.15, 0.2) is 36.7 Å². The standard InChI is InChI=1S/C13H18FNO3.C6H10N2/c1-9-7-11(14)5-3-10(9)4-6-12(18-2)8-13(16)15-17;1-6(2)8-5-3-4-7-8/h3,5,7,12,17H,4,6,8H2,1-2H3,(H,15,16);3-6H,1-2H3. The van der Waals surface area contributed by atoms with Gasteiger partial charge >= 0.3 is 0 Å². The average Bonchev–Trinajstić information content (AvgIpc) is 3.15. The number of aromatic nitrogens is 2. The number of ether oxygens (including phenoxy) is 1. The average molecular weight is 365 g/mol. The second-order valence-corrected chi connectivity index (χ2v) is 6.29. The van der Waals surface area contributed by atoms with Crippen molar-refractivity contribution in [3.05, 3.63) is 53.6 Å². The summed E-state index contributed by atoms with van der Waals surface area (Å²) in [6.45, 7) is 6.06. The third kappa shape index (κ3) is 7.76. The molecule has 0 bridgehead atoms. The smallest absolute Gasteiger partial charge is 0.245 e. The van der Waals surface area contributed by atoms with Gasteiger partial charge in [0, 0.05) is 25.5 Å². The van der Waals surface area contributed by atoms with Crippen LogP contribution in [0.1, 0.15) is 43.9 Å². The van der Waals surface area contributed by atoms with E-state index in [1.54, 1.807) is 17.7 Å². The number of rotatable bonds is 7. The molecule has 144 valence electrons. The van der Waals surface area contributed by atoms with Crippen LogP contribution >= 0.6 is 0 Å². The van der Waals surface area contributed by atoms with Crippen LogP contribution in [0.2, 0.25) is 0 Å². The van der Waals surface area contributed by atoms with Gasteiger partial charge in [0.2, 0.25) is 5.91 Å². The van der Waals surface area contributed by atoms with E-state index < -0.39 is 5.91 Å². The normalized spacial score (nSPS) is 11.7. The zero-order valence-electron chi connectivity index (χ0n) is 15.8. The van der Waals surface area contributed by atoms with Crippen molar-refractivity contribution in [2.24, 2.45) is 0 Å². The van der Waals surface area contributed by atoms with E-state index in [2.05, 4.69) is 18.9 Å². The molecular formula is C19H28FN3O3. The third-order valence-corrected chi connectivity index (χ3v) is 3.97. The lowest BCUT2D eigenvalue weighted by atomic mass is 10.0. The summed E-state index contributed by atoms with van der Waals surface area (Å²) >= 11 is 0. The van der Waals surface area contributed by atoms with E-state index in [1.807, 2.05) is 23.9 Å². The lowest BCUT2D eigenvalue weighted by Gasteiger charge is -2.14. The van der Waals surface area contributed by atoms with E-state index in [9.17, 15) is 9.18 Å². The van der Waals surface area contributed by atoms with Gasteiger partial charge in [0.15, 0.2) is 0 Å². The molecular weight excluding hydrogens is 337 g/mol. The lowest BCUT2D eigenvalue weighted by Crippen LogP contribution is -2.25. The number of nitrogens with one attached hydrogen (secondary N) is 1. The van der Waals surface area contributed by atoms with E-state index in [0.717, 1.165) is 11.1 Å². The van der Waals surface area contributed by atoms with E-state index in [-0.39, 0.29) is 18.3 Å². The van der Waals surface area contributed by atoms with E-state index in [0.29, 0.717) is 18.9 Å². The fraction of sp³-hybridized carbons (Fsp3) is 0.474. The number of hydrogen-bond acceptors (Lipinski definition) is 4. The summed E-state index contributed by atoms with van der Waals surface area (Å²) in [6, 6.07) is 7.07. The Morgan fingerprint density at radius 2 is 2.15 bits per heavy atom. The molecule has 0 aliphatic heterocycles. The number of halogens is 1. The Hall–Kier alpha value is -2.25. The Balaban J connectivity index is 0.000000350. The third-order valence-electron chi connectivity index (χ3n) is 3.97. The van der Waals surface area contributed by atoms with Crippen molar-refractivity contribution in [3.8, 4) is 0 Å². The number of amides is 1. The van der Waals surface area contributed by atoms with Crippen LogP contribution in [0.5, 0.6) is 0 Å². The molecule has 1 aromatic carbocycles. The van der Waals surface area contributed by atoms with Crippen LogP contribution in [0.25, 0.3) is 0 Å². The minimum Gasteiger partial charge on any atom is -0.381 e. The van der Waals surface area contributed by atoms with Crippen LogP contribution in [-0.2, 0) is 16.0 Å². The van der Waals surface area contributed by atoms with Crippen molar-refractivity contribution < 1.29 is 19.1 Å². The summed E-state index contributed by atoms with van der Waals surface area (Å²) in [4.78, 5) is 11.0. The summed E-state index contributed by atoms with van der Waals surface area (Å²) < 4.78 is 20.0. The van der Waals surface area contributed by atoms with Crippen LogP contribution in [-0.4, -0.2) is 34.1 Å². The molecule has 0 saturated heterocycles. The maximum atomic E-state index is 12.9. The first-order valence-corrected chi connectivity index (χ1v) is 8.57. The van der Waals surface area contributed by atoms with Gasteiger partial charge < -0.3 is 4.74 Å². The molecule has 1 aromatic heterocycles. The highest BCUT2D eigenvalue weighted by Crippen LogP contribution is 2.15. The molecule has 0 aliphatic carbocycles. The zero-order valence-corrected chi connectivity index (χ0v) is 15.8. The van der Waals surface area contributed by atoms with Crippen LogP contribution in [0.3, 0.4) is 0 Å². The maximum Gasteiger partial charge on any atom is 0.245 e. The molecule has 0 fully saturated rings. The highest BCUT2D eigenvalue weighted by molar-refractivity contribution is 5.75. The van der Waals surface area contributed by atoms with Crippen LogP contribution in [0.4, 0.5) is 4.39 Å². The van der Waals surface area contributed by atoms with Gasteiger partial charge in [-0.15, -0.1) is 0 Å². The first-order valence-electron chi connectivity index (χ1n) is 8.57. The molecule has 1 heterocycles. The summed E-state index contributed by atoms with van der Waals surface area (Å²) in [5.41, 5.74) is 3.49. The molecule has 2 aromatic rings. The van der Waals surface area contributed by atoms with Gasteiger partial charge in [0.1, 0.15) is 5.82 Å². The number of benzene rings is 1. The molecule has 7 heteroatoms. The number of nitrogens with zero attached hydrogens (tertiary/aromatic N) is 2. The summed E-state index contributed by atoms with van der Waals surface area (Å²) in [5, 5.41) is 12.5. The Kier molecular flexibility index (Phi) is 9.54. The second-order valence-electron chi connectivity index (χ2n) is 6.29. The van der Waals surface area contributed by atoms with Crippen molar-refractivity contribution in [3.63, 3.8) is 0 Å². The lowest BCUT2D eigenvalue weighted by molar-refractivity contribution is -0.131. The SMILES string of the molecule is CC(C)n1cccn1.COC(CCc1ccc(F)cc1C)CC(=O)NO. The molecule has 0 aliphatic rings. The minimum atomic E-state index is -0.474. The van der Waals surface area contributed by atoms with Gasteiger partial charge in [0.25, 0.3) is 0 Å². The number of carbonyl (C=O) groups excluding carboxylic acids is 1. The Morgan fingerprint density at radius 1 is 1.42 bits per heavy atom. The van der Waals surface area contributed by atoms with E-state index in [4.69, 9.17) is 9.94 Å². The molecule has 1 atom stereocenters. The maximum absolute atomic E-state index is 12.9. The Morgan fingerprint density at radius 3 is 2.62 bits per heavy atom. The number of carbonyl (C=O) groups is 1. The zero-order chi connectivity index (χ0) is 19.5. The first-order chi connectivity index (χ1) is 12.4. The van der Waals surface area contributed by atoms with Gasteiger partial charge in [-0.05, 0) is 62.9 Å². The molecule has 2 rings (SSSR count). The largest absolute Gasteiger partial charge is 0.381 e. The second kappa shape index (κ2) is 11.4. The number of aryl methyl sites for hydroxylation is 2. The molecule has 1 unspecified atom stereocenters. The van der Waals surface area contributed by atoms with E-state index in [1.165, 1.54) is 19.2 Å². The molecule has 1 amide bonds. The van der Waals surface area contributed by atoms with Gasteiger partial charge in [-0.1, -0.05) is 6.07 Å². The molecule has 0 spiro atoms. The van der Waals surface area contributed by atoms with Gasteiger partial charge in [-0.25, -0.2) is 9.87 Å². The minimum absolute atomic E-state index is 0.104. The number of hydroxylamine groups is 1. The highest BCUT2D eigenvalue weighted by atomic mass is 19.1. The molecule has 2 N–H and O–H groups in total. The number of methoxy groups -OCH3 is 1. The van der Waals surface area contributed by atoms with Crippen molar-refractivity contribution in [1.82, 2.24) is 15.3 Å². The summed E-state index contributed by atoms with van der Waals surface area (Å²) in [5.74, 6) is -0.725. The van der Waals surface area contributed by atoms with Crippen molar-refractivity contribution in [1.29, 1.82) is 0 Å². The first kappa shape index (κ1) is 21.8. The topological polar surface area (TPSA) is 76.4 Å². The Bertz CT molecular complexity index is 660. The fourth-order valence-corrected chi connectivity index (χ4v) is 2.40. The van der Waals surface area contributed by atoms with Crippen molar-refractivity contribution >= 4 is 5.91 Å². The predicted molar refractivity (Wildman–Crippen MR) is 97.4 cm³/mol. The quantitative estimate of drug-likeness (QED) is 0.582. The monoisotopic (exact) mass is 365 g/mol. The van der Waals surface area contributed by atoms with Gasteiger partial charge in [-0.3, -0.25) is 14.7 Å². The van der Waals surface area contributed by atoms with Gasteiger partial charge in [-0.2, -0.15) is 5.10 Å². The predicted octanol–water partition coefficient (Wildman–Crippen LogP) is 3.44. The molecule has 0 saturated carbocycles. The highest BCUT2D eigenvalue weighted by Gasteiger charge is 2.13. The molecule has 6 nitrogen and oxygen atoms in total. The Labute approximate surface area is 153 Å². The van der Waals surface area contributed by atoms with E-state index >= 15 is 0 Å². The number of hydrogen-bond donors (Lipinski definition) is 2.